The summed E-state index contributed by atoms with van der Waals surface area (Å²) in [5.41, 5.74) is 4.23. The van der Waals surface area contributed by atoms with E-state index in [2.05, 4.69) is 17.0 Å². The van der Waals surface area contributed by atoms with Crippen LogP contribution < -0.4 is 4.74 Å². The van der Waals surface area contributed by atoms with Crippen LogP contribution in [0.1, 0.15) is 45.1 Å². The third-order valence-electron chi connectivity index (χ3n) is 6.15. The second kappa shape index (κ2) is 9.98. The molecule has 0 spiro atoms. The van der Waals surface area contributed by atoms with Crippen molar-refractivity contribution in [3.05, 3.63) is 101 Å². The van der Waals surface area contributed by atoms with Gasteiger partial charge in [-0.1, -0.05) is 66.7 Å². The van der Waals surface area contributed by atoms with Gasteiger partial charge >= 0.3 is 5.97 Å². The zero-order valence-electron chi connectivity index (χ0n) is 18.5. The van der Waals surface area contributed by atoms with E-state index in [1.54, 1.807) is 6.07 Å². The number of aliphatic hydroxyl groups excluding tert-OH is 1. The molecule has 2 atom stereocenters. The van der Waals surface area contributed by atoms with Gasteiger partial charge in [-0.25, -0.2) is 4.79 Å². The van der Waals surface area contributed by atoms with E-state index in [1.807, 2.05) is 61.6 Å². The second-order valence-corrected chi connectivity index (χ2v) is 8.22. The lowest BCUT2D eigenvalue weighted by atomic mass is 9.82. The van der Waals surface area contributed by atoms with Crippen molar-refractivity contribution >= 4 is 5.97 Å². The van der Waals surface area contributed by atoms with E-state index < -0.39 is 12.1 Å². The number of likely N-dealkylation sites (N-methyl/N-ethyl adjacent to an activating group) is 1. The van der Waals surface area contributed by atoms with Gasteiger partial charge in [-0.15, -0.1) is 0 Å². The Morgan fingerprint density at radius 3 is 2.31 bits per heavy atom. The highest BCUT2D eigenvalue weighted by molar-refractivity contribution is 5.94. The van der Waals surface area contributed by atoms with Crippen LogP contribution in [-0.2, 0) is 24.3 Å². The SMILES string of the molecule is COC(=O)c1c(OCc2ccccc2)ccc2c1CC[C@H](N(C)Cc1ccccc1)[C@@H]2O. The molecule has 3 aromatic rings. The fraction of sp³-hybridized carbons (Fsp3) is 0.296. The van der Waals surface area contributed by atoms with Gasteiger partial charge in [0, 0.05) is 12.6 Å². The molecule has 0 amide bonds. The number of methoxy groups -OCH3 is 1. The number of carbonyl (C=O) groups excluding carboxylic acids is 1. The van der Waals surface area contributed by atoms with Crippen molar-refractivity contribution in [3.63, 3.8) is 0 Å². The van der Waals surface area contributed by atoms with Gasteiger partial charge in [0.1, 0.15) is 17.9 Å². The summed E-state index contributed by atoms with van der Waals surface area (Å²) in [5.74, 6) is 0.0518. The molecule has 5 nitrogen and oxygen atoms in total. The highest BCUT2D eigenvalue weighted by atomic mass is 16.5. The molecule has 0 bridgehead atoms. The first kappa shape index (κ1) is 22.1. The third-order valence-corrected chi connectivity index (χ3v) is 6.15. The van der Waals surface area contributed by atoms with E-state index in [9.17, 15) is 9.90 Å². The Hall–Kier alpha value is -3.15. The van der Waals surface area contributed by atoms with Crippen LogP contribution >= 0.6 is 0 Å². The van der Waals surface area contributed by atoms with Crippen LogP contribution in [0.2, 0.25) is 0 Å². The number of rotatable bonds is 7. The third kappa shape index (κ3) is 4.69. The summed E-state index contributed by atoms with van der Waals surface area (Å²) in [6.45, 7) is 1.11. The van der Waals surface area contributed by atoms with Crippen LogP contribution in [0.4, 0.5) is 0 Å². The molecule has 1 aliphatic rings. The van der Waals surface area contributed by atoms with Crippen LogP contribution in [0.3, 0.4) is 0 Å². The predicted molar refractivity (Wildman–Crippen MR) is 124 cm³/mol. The molecule has 1 N–H and O–H groups in total. The van der Waals surface area contributed by atoms with E-state index in [0.717, 1.165) is 29.7 Å². The topological polar surface area (TPSA) is 59.0 Å². The first-order chi connectivity index (χ1) is 15.6. The van der Waals surface area contributed by atoms with Crippen molar-refractivity contribution in [1.29, 1.82) is 0 Å². The van der Waals surface area contributed by atoms with Crippen LogP contribution in [0.25, 0.3) is 0 Å². The number of nitrogens with zero attached hydrogens (tertiary/aromatic N) is 1. The van der Waals surface area contributed by atoms with Crippen molar-refractivity contribution in [2.75, 3.05) is 14.2 Å². The molecule has 0 aliphatic heterocycles. The summed E-state index contributed by atoms with van der Waals surface area (Å²) in [5, 5.41) is 11.2. The van der Waals surface area contributed by atoms with E-state index in [4.69, 9.17) is 9.47 Å². The van der Waals surface area contributed by atoms with Crippen LogP contribution in [0.5, 0.6) is 5.75 Å². The average molecular weight is 432 g/mol. The van der Waals surface area contributed by atoms with Gasteiger partial charge in [-0.2, -0.15) is 0 Å². The lowest BCUT2D eigenvalue weighted by Gasteiger charge is -2.37. The van der Waals surface area contributed by atoms with Crippen LogP contribution in [0.15, 0.2) is 72.8 Å². The molecule has 0 radical (unpaired) electrons. The monoisotopic (exact) mass is 431 g/mol. The standard InChI is InChI=1S/C27H29NO4/c1-28(17-19-9-5-3-6-10-19)23-15-13-21-22(26(23)29)14-16-24(25(21)27(30)31-2)32-18-20-11-7-4-8-12-20/h3-12,14,16,23,26,29H,13,15,17-18H2,1-2H3/t23-,26+/m0/s1. The molecule has 0 saturated carbocycles. The first-order valence-electron chi connectivity index (χ1n) is 10.9. The number of fused-ring (bicyclic) bond motifs is 1. The Morgan fingerprint density at radius 1 is 1.00 bits per heavy atom. The minimum absolute atomic E-state index is 0.0377. The predicted octanol–water partition coefficient (Wildman–Crippen LogP) is 4.53. The molecule has 0 fully saturated rings. The number of hydrogen-bond acceptors (Lipinski definition) is 5. The number of benzene rings is 3. The van der Waals surface area contributed by atoms with Crippen molar-refractivity contribution < 1.29 is 19.4 Å². The Labute approximate surface area is 189 Å². The normalized spacial score (nSPS) is 17.6. The molecule has 0 saturated heterocycles. The fourth-order valence-corrected chi connectivity index (χ4v) is 4.48. The molecule has 0 unspecified atom stereocenters. The molecule has 0 heterocycles. The summed E-state index contributed by atoms with van der Waals surface area (Å²) in [7, 11) is 3.41. The summed E-state index contributed by atoms with van der Waals surface area (Å²) < 4.78 is 11.1. The zero-order chi connectivity index (χ0) is 22.5. The van der Waals surface area contributed by atoms with Crippen molar-refractivity contribution in [3.8, 4) is 5.75 Å². The molecule has 5 heteroatoms. The Bertz CT molecular complexity index is 1050. The molecule has 0 aromatic heterocycles. The number of carbonyl (C=O) groups is 1. The molecule has 32 heavy (non-hydrogen) atoms. The number of ether oxygens (including phenoxy) is 2. The quantitative estimate of drug-likeness (QED) is 0.557. The molecular formula is C27H29NO4. The average Bonchev–Trinajstić information content (AvgIpc) is 2.83. The van der Waals surface area contributed by atoms with Crippen molar-refractivity contribution in [2.24, 2.45) is 0 Å². The van der Waals surface area contributed by atoms with Gasteiger partial charge in [-0.3, -0.25) is 4.90 Å². The summed E-state index contributed by atoms with van der Waals surface area (Å²) in [6.07, 6.45) is 0.714. The van der Waals surface area contributed by atoms with Gasteiger partial charge in [0.25, 0.3) is 0 Å². The summed E-state index contributed by atoms with van der Waals surface area (Å²) in [6, 6.07) is 23.7. The molecule has 1 aliphatic carbocycles. The number of hydrogen-bond donors (Lipinski definition) is 1. The maximum Gasteiger partial charge on any atom is 0.341 e. The lowest BCUT2D eigenvalue weighted by molar-refractivity contribution is 0.0450. The Kier molecular flexibility index (Phi) is 6.88. The van der Waals surface area contributed by atoms with Crippen LogP contribution in [-0.4, -0.2) is 36.2 Å². The second-order valence-electron chi connectivity index (χ2n) is 8.22. The van der Waals surface area contributed by atoms with E-state index in [1.165, 1.54) is 12.7 Å². The maximum absolute atomic E-state index is 12.7. The van der Waals surface area contributed by atoms with Gasteiger partial charge in [0.15, 0.2) is 0 Å². The fourth-order valence-electron chi connectivity index (χ4n) is 4.48. The lowest BCUT2D eigenvalue weighted by Crippen LogP contribution is -2.40. The molecule has 4 rings (SSSR count). The van der Waals surface area contributed by atoms with Crippen molar-refractivity contribution in [1.82, 2.24) is 4.90 Å². The van der Waals surface area contributed by atoms with E-state index in [0.29, 0.717) is 24.3 Å². The van der Waals surface area contributed by atoms with Gasteiger partial charge in [-0.05, 0) is 48.2 Å². The smallest absolute Gasteiger partial charge is 0.341 e. The number of aliphatic hydroxyl groups is 1. The first-order valence-corrected chi connectivity index (χ1v) is 10.9. The van der Waals surface area contributed by atoms with Gasteiger partial charge < -0.3 is 14.6 Å². The zero-order valence-corrected chi connectivity index (χ0v) is 18.5. The molecule has 166 valence electrons. The van der Waals surface area contributed by atoms with E-state index in [-0.39, 0.29) is 6.04 Å². The molecule has 3 aromatic carbocycles. The molecular weight excluding hydrogens is 402 g/mol. The minimum atomic E-state index is -0.695. The van der Waals surface area contributed by atoms with Gasteiger partial charge in [0.05, 0.1) is 13.2 Å². The number of esters is 1. The largest absolute Gasteiger partial charge is 0.488 e. The minimum Gasteiger partial charge on any atom is -0.488 e. The highest BCUT2D eigenvalue weighted by Gasteiger charge is 2.34. The summed E-state index contributed by atoms with van der Waals surface area (Å²) in [4.78, 5) is 14.9. The van der Waals surface area contributed by atoms with E-state index >= 15 is 0 Å². The maximum atomic E-state index is 12.7. The Morgan fingerprint density at radius 2 is 1.66 bits per heavy atom. The highest BCUT2D eigenvalue weighted by Crippen LogP contribution is 2.38. The van der Waals surface area contributed by atoms with Gasteiger partial charge in [0.2, 0.25) is 0 Å². The van der Waals surface area contributed by atoms with Crippen LogP contribution in [0, 0.1) is 0 Å². The van der Waals surface area contributed by atoms with Crippen molar-refractivity contribution in [2.45, 2.75) is 38.1 Å². The Balaban J connectivity index is 1.58. The summed E-state index contributed by atoms with van der Waals surface area (Å²) >= 11 is 0.